The Morgan fingerprint density at radius 1 is 0.853 bits per heavy atom. The van der Waals surface area contributed by atoms with Crippen molar-refractivity contribution in [3.05, 3.63) is 10.4 Å². The standard InChI is InChI=1S/C28H34N2O2S2/c29-13-21-23(30)24(25(32)28-10-18-4-19(11-28)6-20(5-18)12-28)34-26(21)33-14-22(31)27-7-15-1-16(8-27)3-17(2-15)9-27/h15-20H,1-12,14,30H2. The molecule has 0 unspecified atom stereocenters. The topological polar surface area (TPSA) is 84.0 Å². The lowest BCUT2D eigenvalue weighted by Gasteiger charge is -2.56. The number of thiophene rings is 1. The molecular weight excluding hydrogens is 460 g/mol. The van der Waals surface area contributed by atoms with Gasteiger partial charge in [-0.25, -0.2) is 0 Å². The summed E-state index contributed by atoms with van der Waals surface area (Å²) in [6.45, 7) is 0. The second kappa shape index (κ2) is 7.59. The smallest absolute Gasteiger partial charge is 0.181 e. The summed E-state index contributed by atoms with van der Waals surface area (Å²) in [5.74, 6) is 5.30. The summed E-state index contributed by atoms with van der Waals surface area (Å²) in [6.07, 6.45) is 14.1. The van der Waals surface area contributed by atoms with E-state index in [4.69, 9.17) is 5.73 Å². The second-order valence-corrected chi connectivity index (χ2v) is 15.3. The number of nitrogens with zero attached hydrogens (tertiary/aromatic N) is 1. The Hall–Kier alpha value is -1.32. The number of ketones is 2. The van der Waals surface area contributed by atoms with E-state index in [1.165, 1.54) is 61.6 Å². The lowest BCUT2D eigenvalue weighted by Crippen LogP contribution is -2.50. The molecular formula is C28H34N2O2S2. The van der Waals surface area contributed by atoms with E-state index < -0.39 is 0 Å². The van der Waals surface area contributed by atoms with Crippen LogP contribution in [0.5, 0.6) is 0 Å². The average Bonchev–Trinajstić information content (AvgIpc) is 3.10. The summed E-state index contributed by atoms with van der Waals surface area (Å²) in [6, 6.07) is 2.27. The first-order valence-electron chi connectivity index (χ1n) is 13.4. The van der Waals surface area contributed by atoms with Gasteiger partial charge in [-0.2, -0.15) is 5.26 Å². The predicted molar refractivity (Wildman–Crippen MR) is 135 cm³/mol. The predicted octanol–water partition coefficient (Wildman–Crippen LogP) is 6.48. The molecule has 0 atom stereocenters. The highest BCUT2D eigenvalue weighted by molar-refractivity contribution is 8.01. The van der Waals surface area contributed by atoms with Crippen LogP contribution in [-0.2, 0) is 4.79 Å². The molecule has 4 nitrogen and oxygen atoms in total. The van der Waals surface area contributed by atoms with E-state index >= 15 is 0 Å². The van der Waals surface area contributed by atoms with Gasteiger partial charge in [-0.1, -0.05) is 0 Å². The maximum atomic E-state index is 13.9. The molecule has 0 radical (unpaired) electrons. The maximum absolute atomic E-state index is 13.9. The molecule has 8 bridgehead atoms. The van der Waals surface area contributed by atoms with Gasteiger partial charge >= 0.3 is 0 Å². The molecule has 34 heavy (non-hydrogen) atoms. The van der Waals surface area contributed by atoms with E-state index in [9.17, 15) is 14.9 Å². The van der Waals surface area contributed by atoms with Crippen LogP contribution in [0.2, 0.25) is 0 Å². The number of carbonyl (C=O) groups is 2. The molecule has 0 amide bonds. The fourth-order valence-electron chi connectivity index (χ4n) is 10.2. The van der Waals surface area contributed by atoms with E-state index in [1.807, 2.05) is 0 Å². The van der Waals surface area contributed by atoms with Crippen LogP contribution in [-0.4, -0.2) is 17.3 Å². The number of nitrogens with two attached hydrogens (primary N) is 1. The molecule has 1 heterocycles. The Bertz CT molecular complexity index is 1040. The van der Waals surface area contributed by atoms with Crippen LogP contribution in [0.3, 0.4) is 0 Å². The second-order valence-electron chi connectivity index (χ2n) is 13.1. The average molecular weight is 495 g/mol. The molecule has 8 fully saturated rings. The van der Waals surface area contributed by atoms with Crippen LogP contribution in [0.15, 0.2) is 4.21 Å². The zero-order valence-corrected chi connectivity index (χ0v) is 21.4. The number of anilines is 1. The highest BCUT2D eigenvalue weighted by atomic mass is 32.2. The van der Waals surface area contributed by atoms with Gasteiger partial charge in [0.15, 0.2) is 5.78 Å². The Morgan fingerprint density at radius 3 is 1.74 bits per heavy atom. The fraction of sp³-hybridized carbons (Fsp3) is 0.750. The molecule has 6 heteroatoms. The molecule has 0 saturated heterocycles. The molecule has 8 aliphatic rings. The largest absolute Gasteiger partial charge is 0.396 e. The quantitative estimate of drug-likeness (QED) is 0.361. The molecule has 1 aromatic rings. The lowest BCUT2D eigenvalue weighted by molar-refractivity contribution is -0.141. The Balaban J connectivity index is 1.12. The van der Waals surface area contributed by atoms with Crippen LogP contribution in [0.1, 0.15) is 92.3 Å². The Morgan fingerprint density at radius 2 is 1.29 bits per heavy atom. The van der Waals surface area contributed by atoms with Crippen LogP contribution < -0.4 is 5.73 Å². The van der Waals surface area contributed by atoms with Gasteiger partial charge in [0.1, 0.15) is 17.4 Å². The number of rotatable bonds is 6. The number of nitriles is 1. The molecule has 9 rings (SSSR count). The summed E-state index contributed by atoms with van der Waals surface area (Å²) in [5.41, 5.74) is 6.89. The van der Waals surface area contributed by atoms with Gasteiger partial charge in [-0.15, -0.1) is 23.1 Å². The summed E-state index contributed by atoms with van der Waals surface area (Å²) in [5, 5.41) is 9.89. The first-order valence-corrected chi connectivity index (χ1v) is 15.2. The fourth-order valence-corrected chi connectivity index (χ4v) is 12.7. The minimum Gasteiger partial charge on any atom is -0.396 e. The molecule has 0 aromatic carbocycles. The summed E-state index contributed by atoms with van der Waals surface area (Å²) in [4.78, 5) is 28.0. The van der Waals surface area contributed by atoms with Crippen molar-refractivity contribution in [2.24, 2.45) is 46.3 Å². The van der Waals surface area contributed by atoms with Crippen molar-refractivity contribution in [1.29, 1.82) is 5.26 Å². The first kappa shape index (κ1) is 21.9. The van der Waals surface area contributed by atoms with Crippen molar-refractivity contribution in [1.82, 2.24) is 0 Å². The molecule has 2 N–H and O–H groups in total. The highest BCUT2D eigenvalue weighted by Gasteiger charge is 2.56. The molecule has 8 saturated carbocycles. The van der Waals surface area contributed by atoms with Gasteiger partial charge in [0.25, 0.3) is 0 Å². The number of carbonyl (C=O) groups excluding carboxylic acids is 2. The number of nitrogen functional groups attached to an aromatic ring is 1. The van der Waals surface area contributed by atoms with Crippen LogP contribution in [0.4, 0.5) is 5.69 Å². The van der Waals surface area contributed by atoms with E-state index in [2.05, 4.69) is 6.07 Å². The zero-order valence-electron chi connectivity index (χ0n) is 19.8. The number of thioether (sulfide) groups is 1. The Kier molecular flexibility index (Phi) is 4.89. The molecule has 0 aliphatic heterocycles. The number of hydrogen-bond acceptors (Lipinski definition) is 6. The van der Waals surface area contributed by atoms with Crippen molar-refractivity contribution in [3.63, 3.8) is 0 Å². The lowest BCUT2D eigenvalue weighted by atomic mass is 9.48. The van der Waals surface area contributed by atoms with Gasteiger partial charge in [0.2, 0.25) is 0 Å². The third-order valence-corrected chi connectivity index (χ3v) is 13.2. The van der Waals surface area contributed by atoms with Gasteiger partial charge in [0.05, 0.1) is 20.5 Å². The van der Waals surface area contributed by atoms with Crippen molar-refractivity contribution < 1.29 is 9.59 Å². The van der Waals surface area contributed by atoms with Gasteiger partial charge in [0, 0.05) is 10.8 Å². The van der Waals surface area contributed by atoms with Gasteiger partial charge in [-0.05, 0) is 113 Å². The van der Waals surface area contributed by atoms with E-state index in [-0.39, 0.29) is 16.6 Å². The Labute approximate surface area is 210 Å². The maximum Gasteiger partial charge on any atom is 0.181 e. The highest BCUT2D eigenvalue weighted by Crippen LogP contribution is 2.62. The van der Waals surface area contributed by atoms with Gasteiger partial charge in [-0.3, -0.25) is 9.59 Å². The normalized spacial score (nSPS) is 43.3. The van der Waals surface area contributed by atoms with Crippen molar-refractivity contribution in [3.8, 4) is 6.07 Å². The zero-order chi connectivity index (χ0) is 23.2. The van der Waals surface area contributed by atoms with Crippen LogP contribution >= 0.6 is 23.1 Å². The van der Waals surface area contributed by atoms with Crippen LogP contribution in [0.25, 0.3) is 0 Å². The molecule has 0 spiro atoms. The van der Waals surface area contributed by atoms with Crippen LogP contribution in [0, 0.1) is 57.7 Å². The third kappa shape index (κ3) is 3.22. The summed E-state index contributed by atoms with van der Waals surface area (Å²) < 4.78 is 0.783. The first-order chi connectivity index (χ1) is 16.4. The number of hydrogen-bond donors (Lipinski definition) is 1. The van der Waals surface area contributed by atoms with Crippen molar-refractivity contribution in [2.45, 2.75) is 81.3 Å². The third-order valence-electron chi connectivity index (χ3n) is 10.7. The molecule has 180 valence electrons. The van der Waals surface area contributed by atoms with E-state index in [1.54, 1.807) is 0 Å². The monoisotopic (exact) mass is 494 g/mol. The minimum atomic E-state index is -0.253. The number of Topliss-reactive ketones (excluding diaryl/α,β-unsaturated/α-hetero) is 2. The van der Waals surface area contributed by atoms with E-state index in [0.717, 1.165) is 60.5 Å². The summed E-state index contributed by atoms with van der Waals surface area (Å²) >= 11 is 2.87. The summed E-state index contributed by atoms with van der Waals surface area (Å²) in [7, 11) is 0. The minimum absolute atomic E-state index is 0.116. The van der Waals surface area contributed by atoms with Crippen molar-refractivity contribution in [2.75, 3.05) is 11.5 Å². The molecule has 8 aliphatic carbocycles. The SMILES string of the molecule is N#Cc1c(SCC(=O)C23CC4CC(CC(C4)C2)C3)sc(C(=O)C23CC4CC(CC(C4)C2)C3)c1N. The molecule has 1 aromatic heterocycles. The van der Waals surface area contributed by atoms with E-state index in [0.29, 0.717) is 45.4 Å². The van der Waals surface area contributed by atoms with Crippen molar-refractivity contribution >= 4 is 40.4 Å². The van der Waals surface area contributed by atoms with Gasteiger partial charge < -0.3 is 5.73 Å².